The van der Waals surface area contributed by atoms with Crippen LogP contribution in [0.15, 0.2) is 15.6 Å². The molecule has 160 valence electrons. The van der Waals surface area contributed by atoms with Gasteiger partial charge in [0, 0.05) is 30.5 Å². The highest BCUT2D eigenvalue weighted by molar-refractivity contribution is 14.0. The highest BCUT2D eigenvalue weighted by atomic mass is 127. The predicted octanol–water partition coefficient (Wildman–Crippen LogP) is 3.34. The summed E-state index contributed by atoms with van der Waals surface area (Å²) in [6.07, 6.45) is 5.65. The SMILES string of the molecule is CN=C(NCc1ncc(C(C)(C)C)o1)NC1CCCC(C(=O)NC(C)C)C1.I. The van der Waals surface area contributed by atoms with Crippen molar-refractivity contribution in [2.75, 3.05) is 7.05 Å². The molecule has 1 aliphatic rings. The van der Waals surface area contributed by atoms with Gasteiger partial charge in [0.1, 0.15) is 5.76 Å². The molecule has 1 aliphatic carbocycles. The maximum atomic E-state index is 12.3. The number of aromatic nitrogens is 1. The average molecular weight is 505 g/mol. The molecule has 28 heavy (non-hydrogen) atoms. The van der Waals surface area contributed by atoms with Crippen molar-refractivity contribution in [2.24, 2.45) is 10.9 Å². The van der Waals surface area contributed by atoms with Crippen LogP contribution < -0.4 is 16.0 Å². The van der Waals surface area contributed by atoms with Crippen molar-refractivity contribution in [3.63, 3.8) is 0 Å². The molecule has 0 radical (unpaired) electrons. The fourth-order valence-corrected chi connectivity index (χ4v) is 3.25. The Morgan fingerprint density at radius 2 is 2.07 bits per heavy atom. The number of carbonyl (C=O) groups is 1. The second-order valence-electron chi connectivity index (χ2n) is 8.66. The zero-order valence-corrected chi connectivity index (χ0v) is 20.3. The van der Waals surface area contributed by atoms with E-state index in [0.717, 1.165) is 31.4 Å². The van der Waals surface area contributed by atoms with Crippen LogP contribution in [0.4, 0.5) is 0 Å². The third-order valence-corrected chi connectivity index (χ3v) is 4.74. The first kappa shape index (κ1) is 24.7. The monoisotopic (exact) mass is 505 g/mol. The molecule has 0 saturated heterocycles. The van der Waals surface area contributed by atoms with E-state index >= 15 is 0 Å². The van der Waals surface area contributed by atoms with Crippen LogP contribution in [0.2, 0.25) is 0 Å². The Labute approximate surface area is 185 Å². The molecular formula is C20H36IN5O2. The summed E-state index contributed by atoms with van der Waals surface area (Å²) in [6, 6.07) is 0.418. The number of nitrogens with zero attached hydrogens (tertiary/aromatic N) is 2. The van der Waals surface area contributed by atoms with Gasteiger partial charge in [-0.15, -0.1) is 24.0 Å². The van der Waals surface area contributed by atoms with Gasteiger partial charge in [-0.2, -0.15) is 0 Å². The van der Waals surface area contributed by atoms with E-state index in [1.165, 1.54) is 0 Å². The second kappa shape index (κ2) is 11.0. The van der Waals surface area contributed by atoms with Crippen molar-refractivity contribution in [3.8, 4) is 0 Å². The first-order chi connectivity index (χ1) is 12.7. The molecule has 1 aromatic rings. The van der Waals surface area contributed by atoms with Crippen LogP contribution in [-0.4, -0.2) is 36.0 Å². The van der Waals surface area contributed by atoms with Gasteiger partial charge in [0.25, 0.3) is 0 Å². The zero-order chi connectivity index (χ0) is 20.0. The van der Waals surface area contributed by atoms with Gasteiger partial charge in [-0.25, -0.2) is 4.98 Å². The van der Waals surface area contributed by atoms with Gasteiger partial charge < -0.3 is 20.4 Å². The summed E-state index contributed by atoms with van der Waals surface area (Å²) >= 11 is 0. The lowest BCUT2D eigenvalue weighted by Crippen LogP contribution is -2.47. The lowest BCUT2D eigenvalue weighted by molar-refractivity contribution is -0.126. The molecule has 1 heterocycles. The summed E-state index contributed by atoms with van der Waals surface area (Å²) in [5.74, 6) is 2.45. The first-order valence-corrected chi connectivity index (χ1v) is 9.91. The quantitative estimate of drug-likeness (QED) is 0.325. The van der Waals surface area contributed by atoms with Crippen LogP contribution in [0.25, 0.3) is 0 Å². The van der Waals surface area contributed by atoms with E-state index in [1.807, 2.05) is 13.8 Å². The van der Waals surface area contributed by atoms with Crippen LogP contribution in [0.3, 0.4) is 0 Å². The van der Waals surface area contributed by atoms with Gasteiger partial charge in [-0.1, -0.05) is 27.2 Å². The Morgan fingerprint density at radius 1 is 1.36 bits per heavy atom. The number of hydrogen-bond acceptors (Lipinski definition) is 4. The fourth-order valence-electron chi connectivity index (χ4n) is 3.25. The van der Waals surface area contributed by atoms with E-state index in [0.29, 0.717) is 18.4 Å². The highest BCUT2D eigenvalue weighted by Crippen LogP contribution is 2.25. The molecule has 1 fully saturated rings. The number of aliphatic imine (C=N–C) groups is 1. The van der Waals surface area contributed by atoms with Crippen LogP contribution in [0.5, 0.6) is 0 Å². The lowest BCUT2D eigenvalue weighted by atomic mass is 9.85. The molecule has 1 saturated carbocycles. The summed E-state index contributed by atoms with van der Waals surface area (Å²) in [5.41, 5.74) is -0.0567. The molecule has 2 unspecified atom stereocenters. The van der Waals surface area contributed by atoms with Crippen molar-refractivity contribution >= 4 is 35.8 Å². The van der Waals surface area contributed by atoms with Crippen LogP contribution in [0.1, 0.15) is 72.0 Å². The van der Waals surface area contributed by atoms with Crippen molar-refractivity contribution in [1.82, 2.24) is 20.9 Å². The smallest absolute Gasteiger partial charge is 0.223 e. The molecule has 1 amide bonds. The highest BCUT2D eigenvalue weighted by Gasteiger charge is 2.28. The largest absolute Gasteiger partial charge is 0.443 e. The molecule has 8 heteroatoms. The molecule has 0 spiro atoms. The van der Waals surface area contributed by atoms with Gasteiger partial charge in [0.05, 0.1) is 12.7 Å². The summed E-state index contributed by atoms with van der Waals surface area (Å²) in [7, 11) is 1.75. The molecule has 0 bridgehead atoms. The van der Waals surface area contributed by atoms with Crippen molar-refractivity contribution in [1.29, 1.82) is 0 Å². The summed E-state index contributed by atoms with van der Waals surface area (Å²) in [6.45, 7) is 10.8. The lowest BCUT2D eigenvalue weighted by Gasteiger charge is -2.30. The number of rotatable bonds is 5. The first-order valence-electron chi connectivity index (χ1n) is 9.91. The maximum absolute atomic E-state index is 12.3. The van der Waals surface area contributed by atoms with Gasteiger partial charge in [0.15, 0.2) is 5.96 Å². The Hall–Kier alpha value is -1.32. The van der Waals surface area contributed by atoms with Crippen LogP contribution in [-0.2, 0) is 16.8 Å². The molecule has 2 atom stereocenters. The number of amides is 1. The van der Waals surface area contributed by atoms with Crippen molar-refractivity contribution < 1.29 is 9.21 Å². The normalized spacial score (nSPS) is 20.5. The Balaban J connectivity index is 0.00000392. The minimum Gasteiger partial charge on any atom is -0.443 e. The molecule has 3 N–H and O–H groups in total. The van der Waals surface area contributed by atoms with E-state index in [-0.39, 0.29) is 53.3 Å². The number of halogens is 1. The van der Waals surface area contributed by atoms with Crippen molar-refractivity contribution in [3.05, 3.63) is 17.8 Å². The number of carbonyl (C=O) groups excluding carboxylic acids is 1. The number of oxazole rings is 1. The van der Waals surface area contributed by atoms with E-state index < -0.39 is 0 Å². The summed E-state index contributed by atoms with van der Waals surface area (Å²) in [4.78, 5) is 20.9. The van der Waals surface area contributed by atoms with E-state index in [9.17, 15) is 4.79 Å². The molecule has 0 aromatic carbocycles. The topological polar surface area (TPSA) is 91.6 Å². The molecular weight excluding hydrogens is 469 g/mol. The van der Waals surface area contributed by atoms with E-state index in [4.69, 9.17) is 4.42 Å². The van der Waals surface area contributed by atoms with E-state index in [1.54, 1.807) is 13.2 Å². The van der Waals surface area contributed by atoms with Gasteiger partial charge in [-0.3, -0.25) is 9.79 Å². The third-order valence-electron chi connectivity index (χ3n) is 4.74. The molecule has 7 nitrogen and oxygen atoms in total. The molecule has 1 aromatic heterocycles. The van der Waals surface area contributed by atoms with Gasteiger partial charge in [-0.05, 0) is 33.1 Å². The molecule has 2 rings (SSSR count). The van der Waals surface area contributed by atoms with E-state index in [2.05, 4.69) is 46.7 Å². The minimum absolute atomic E-state index is 0. The van der Waals surface area contributed by atoms with Gasteiger partial charge >= 0.3 is 0 Å². The van der Waals surface area contributed by atoms with Crippen molar-refractivity contribution in [2.45, 2.75) is 84.3 Å². The predicted molar refractivity (Wildman–Crippen MR) is 123 cm³/mol. The molecule has 0 aliphatic heterocycles. The standard InChI is InChI=1S/C20H35N5O2.HI/c1-13(2)24-18(26)14-8-7-9-15(10-14)25-19(21-6)23-12-17-22-11-16(27-17)20(3,4)5;/h11,13-15H,7-10,12H2,1-6H3,(H,24,26)(H2,21,23,25);1H. The Bertz CT molecular complexity index is 651. The third kappa shape index (κ3) is 7.60. The van der Waals surface area contributed by atoms with Crippen LogP contribution in [0, 0.1) is 5.92 Å². The average Bonchev–Trinajstić information content (AvgIpc) is 3.07. The summed E-state index contributed by atoms with van der Waals surface area (Å²) in [5, 5.41) is 9.72. The Kier molecular flexibility index (Phi) is 9.73. The number of nitrogens with one attached hydrogen (secondary N) is 3. The second-order valence-corrected chi connectivity index (χ2v) is 8.66. The van der Waals surface area contributed by atoms with Crippen LogP contribution >= 0.6 is 24.0 Å². The fraction of sp³-hybridized carbons (Fsp3) is 0.750. The van der Waals surface area contributed by atoms with Gasteiger partial charge in [0.2, 0.25) is 11.8 Å². The zero-order valence-electron chi connectivity index (χ0n) is 18.0. The summed E-state index contributed by atoms with van der Waals surface area (Å²) < 4.78 is 5.81. The maximum Gasteiger partial charge on any atom is 0.223 e. The number of guanidine groups is 1. The number of hydrogen-bond donors (Lipinski definition) is 3. The minimum atomic E-state index is -0.0567. The Morgan fingerprint density at radius 3 is 2.64 bits per heavy atom.